The van der Waals surface area contributed by atoms with Crippen LogP contribution in [0.2, 0.25) is 0 Å². The molecular formula is C19H24N6O3. The number of rotatable bonds is 6. The van der Waals surface area contributed by atoms with Crippen LogP contribution in [0.4, 0.5) is 0 Å². The van der Waals surface area contributed by atoms with E-state index in [0.717, 1.165) is 28.3 Å². The normalized spacial score (nSPS) is 24.7. The van der Waals surface area contributed by atoms with Gasteiger partial charge in [0, 0.05) is 48.6 Å². The smallest absolute Gasteiger partial charge is 0.138 e. The highest BCUT2D eigenvalue weighted by atomic mass is 16.5. The van der Waals surface area contributed by atoms with Crippen molar-refractivity contribution in [2.45, 2.75) is 51.6 Å². The Morgan fingerprint density at radius 3 is 2.86 bits per heavy atom. The maximum Gasteiger partial charge on any atom is 0.138 e. The Balaban J connectivity index is 1.39. The van der Waals surface area contributed by atoms with Crippen LogP contribution in [0, 0.1) is 19.8 Å². The first-order valence-electron chi connectivity index (χ1n) is 9.34. The molecule has 148 valence electrons. The fraction of sp³-hybridized carbons (Fsp3) is 0.474. The van der Waals surface area contributed by atoms with Crippen molar-refractivity contribution in [2.75, 3.05) is 0 Å². The molecule has 3 aromatic rings. The predicted molar refractivity (Wildman–Crippen MR) is 100.0 cm³/mol. The van der Waals surface area contributed by atoms with Gasteiger partial charge in [0.15, 0.2) is 0 Å². The van der Waals surface area contributed by atoms with Crippen molar-refractivity contribution in [3.8, 4) is 11.3 Å². The molecule has 1 saturated carbocycles. The van der Waals surface area contributed by atoms with E-state index in [1.165, 1.54) is 0 Å². The summed E-state index contributed by atoms with van der Waals surface area (Å²) >= 11 is 0. The average molecular weight is 384 g/mol. The Kier molecular flexibility index (Phi) is 5.21. The molecule has 28 heavy (non-hydrogen) atoms. The zero-order valence-corrected chi connectivity index (χ0v) is 15.9. The number of hydrogen-bond acceptors (Lipinski definition) is 8. The number of aliphatic hydroxyl groups excluding tert-OH is 2. The maximum absolute atomic E-state index is 10.5. The zero-order chi connectivity index (χ0) is 19.7. The lowest BCUT2D eigenvalue weighted by Gasteiger charge is -2.18. The maximum atomic E-state index is 10.5. The van der Waals surface area contributed by atoms with Crippen LogP contribution in [0.15, 0.2) is 35.2 Å². The number of aromatic nitrogens is 5. The van der Waals surface area contributed by atoms with E-state index in [-0.39, 0.29) is 12.0 Å². The van der Waals surface area contributed by atoms with Crippen molar-refractivity contribution in [3.05, 3.63) is 47.7 Å². The van der Waals surface area contributed by atoms with Gasteiger partial charge in [-0.2, -0.15) is 0 Å². The van der Waals surface area contributed by atoms with Crippen LogP contribution < -0.4 is 5.32 Å². The quantitative estimate of drug-likeness (QED) is 0.572. The summed E-state index contributed by atoms with van der Waals surface area (Å²) < 4.78 is 6.88. The van der Waals surface area contributed by atoms with Crippen LogP contribution in [0.25, 0.3) is 11.3 Å². The molecule has 1 aliphatic carbocycles. The van der Waals surface area contributed by atoms with Gasteiger partial charge >= 0.3 is 0 Å². The number of nitrogens with zero attached hydrogens (tertiary/aromatic N) is 5. The van der Waals surface area contributed by atoms with Crippen LogP contribution in [0.3, 0.4) is 0 Å². The molecule has 9 heteroatoms. The molecule has 1 fully saturated rings. The van der Waals surface area contributed by atoms with Crippen LogP contribution in [0.1, 0.15) is 23.4 Å². The van der Waals surface area contributed by atoms with Crippen molar-refractivity contribution in [3.63, 3.8) is 0 Å². The van der Waals surface area contributed by atoms with Crippen molar-refractivity contribution < 1.29 is 14.7 Å². The summed E-state index contributed by atoms with van der Waals surface area (Å²) in [5.41, 5.74) is 3.44. The van der Waals surface area contributed by atoms with Gasteiger partial charge in [-0.05, 0) is 32.4 Å². The Morgan fingerprint density at radius 2 is 2.14 bits per heavy atom. The Bertz CT molecular complexity index is 905. The van der Waals surface area contributed by atoms with Gasteiger partial charge in [0.25, 0.3) is 0 Å². The summed E-state index contributed by atoms with van der Waals surface area (Å²) in [6, 6.07) is 3.56. The van der Waals surface area contributed by atoms with Crippen molar-refractivity contribution in [1.29, 1.82) is 0 Å². The third-order valence-electron chi connectivity index (χ3n) is 5.44. The molecule has 3 aromatic heterocycles. The monoisotopic (exact) mass is 384 g/mol. The molecule has 3 heterocycles. The molecule has 0 amide bonds. The lowest BCUT2D eigenvalue weighted by Crippen LogP contribution is -2.39. The van der Waals surface area contributed by atoms with Crippen molar-refractivity contribution >= 4 is 0 Å². The molecule has 9 nitrogen and oxygen atoms in total. The summed E-state index contributed by atoms with van der Waals surface area (Å²) in [5.74, 6) is 0.640. The highest BCUT2D eigenvalue weighted by Gasteiger charge is 2.41. The summed E-state index contributed by atoms with van der Waals surface area (Å²) in [7, 11) is 0. The highest BCUT2D eigenvalue weighted by molar-refractivity contribution is 5.55. The summed E-state index contributed by atoms with van der Waals surface area (Å²) in [6.07, 6.45) is 4.24. The third-order valence-corrected chi connectivity index (χ3v) is 5.44. The van der Waals surface area contributed by atoms with E-state index < -0.39 is 12.2 Å². The minimum Gasteiger partial charge on any atom is -0.390 e. The van der Waals surface area contributed by atoms with E-state index in [9.17, 15) is 10.2 Å². The highest BCUT2D eigenvalue weighted by Crippen LogP contribution is 2.29. The van der Waals surface area contributed by atoms with E-state index in [2.05, 4.69) is 25.8 Å². The molecule has 4 atom stereocenters. The largest absolute Gasteiger partial charge is 0.390 e. The fourth-order valence-corrected chi connectivity index (χ4v) is 3.77. The minimum atomic E-state index is -0.841. The zero-order valence-electron chi connectivity index (χ0n) is 15.9. The Labute approximate surface area is 162 Å². The van der Waals surface area contributed by atoms with Gasteiger partial charge < -0.3 is 20.1 Å². The van der Waals surface area contributed by atoms with E-state index in [4.69, 9.17) is 4.52 Å². The first kappa shape index (κ1) is 18.7. The Hall–Kier alpha value is -2.62. The summed E-state index contributed by atoms with van der Waals surface area (Å²) in [4.78, 5) is 4.09. The molecule has 0 bridgehead atoms. The van der Waals surface area contributed by atoms with E-state index in [1.54, 1.807) is 17.1 Å². The second-order valence-corrected chi connectivity index (χ2v) is 7.33. The predicted octanol–water partition coefficient (Wildman–Crippen LogP) is 0.845. The van der Waals surface area contributed by atoms with Gasteiger partial charge in [-0.25, -0.2) is 0 Å². The first-order chi connectivity index (χ1) is 13.5. The van der Waals surface area contributed by atoms with Crippen LogP contribution in [-0.4, -0.2) is 53.6 Å². The molecule has 4 rings (SSSR count). The van der Waals surface area contributed by atoms with Crippen molar-refractivity contribution in [2.24, 2.45) is 5.92 Å². The number of aryl methyl sites for hydroxylation is 2. The second kappa shape index (κ2) is 7.78. The van der Waals surface area contributed by atoms with Crippen LogP contribution in [0.5, 0.6) is 0 Å². The molecule has 0 aromatic carbocycles. The molecule has 0 unspecified atom stereocenters. The second-order valence-electron chi connectivity index (χ2n) is 7.33. The lowest BCUT2D eigenvalue weighted by molar-refractivity contribution is 0.00721. The first-order valence-corrected chi connectivity index (χ1v) is 9.34. The molecule has 0 aliphatic heterocycles. The number of nitrogens with one attached hydrogen (secondary N) is 1. The van der Waals surface area contributed by atoms with Crippen LogP contribution in [-0.2, 0) is 13.1 Å². The van der Waals surface area contributed by atoms with E-state index in [0.29, 0.717) is 19.5 Å². The topological polar surface area (TPSA) is 122 Å². The molecule has 0 radical (unpaired) electrons. The van der Waals surface area contributed by atoms with Gasteiger partial charge in [0.1, 0.15) is 11.5 Å². The van der Waals surface area contributed by atoms with Crippen molar-refractivity contribution in [1.82, 2.24) is 30.5 Å². The number of pyridine rings is 1. The van der Waals surface area contributed by atoms with Gasteiger partial charge in [0.05, 0.1) is 24.1 Å². The fourth-order valence-electron chi connectivity index (χ4n) is 3.77. The molecule has 0 saturated heterocycles. The van der Waals surface area contributed by atoms with Crippen LogP contribution >= 0.6 is 0 Å². The number of aliphatic hydroxyl groups is 2. The summed E-state index contributed by atoms with van der Waals surface area (Å²) in [5, 5.41) is 36.5. The Morgan fingerprint density at radius 1 is 1.29 bits per heavy atom. The van der Waals surface area contributed by atoms with Gasteiger partial charge in [-0.15, -0.1) is 5.10 Å². The number of hydrogen-bond donors (Lipinski definition) is 3. The van der Waals surface area contributed by atoms with Gasteiger partial charge in [0.2, 0.25) is 0 Å². The minimum absolute atomic E-state index is 0.124. The van der Waals surface area contributed by atoms with E-state index >= 15 is 0 Å². The van der Waals surface area contributed by atoms with Gasteiger partial charge in [-0.1, -0.05) is 10.4 Å². The molecule has 3 N–H and O–H groups in total. The molecule has 1 aliphatic rings. The lowest BCUT2D eigenvalue weighted by atomic mass is 10.1. The average Bonchev–Trinajstić information content (AvgIpc) is 3.37. The molecular weight excluding hydrogens is 360 g/mol. The summed E-state index contributed by atoms with van der Waals surface area (Å²) in [6.45, 7) is 4.77. The SMILES string of the molecule is Cc1noc(C)c1CN[C@@H]1C[C@H](Cn2cc(-c3cccnc3)nn2)[C@@H](O)[C@H]1O. The van der Waals surface area contributed by atoms with E-state index in [1.807, 2.05) is 32.2 Å². The third kappa shape index (κ3) is 3.68. The molecule has 0 spiro atoms. The standard InChI is InChI=1S/C19H24N6O3/c1-11-15(12(2)28-23-11)8-21-16-6-14(18(26)19(16)27)9-25-10-17(22-24-25)13-4-3-5-20-7-13/h3-5,7,10,14,16,18-19,21,26-27H,6,8-9H2,1-2H3/t14-,16-,18-,19+/m1/s1. The van der Waals surface area contributed by atoms with Gasteiger partial charge in [-0.3, -0.25) is 9.67 Å².